The molecule has 1 aliphatic heterocycles. The molecule has 5 nitrogen and oxygen atoms in total. The Morgan fingerprint density at radius 1 is 1.08 bits per heavy atom. The molecule has 0 aromatic heterocycles. The van der Waals surface area contributed by atoms with Crippen molar-refractivity contribution >= 4 is 23.7 Å². The van der Waals surface area contributed by atoms with E-state index in [1.165, 1.54) is 22.9 Å². The van der Waals surface area contributed by atoms with Crippen molar-refractivity contribution in [3.63, 3.8) is 0 Å². The van der Waals surface area contributed by atoms with Crippen LogP contribution in [0, 0.1) is 0 Å². The van der Waals surface area contributed by atoms with E-state index in [1.54, 1.807) is 0 Å². The zero-order valence-corrected chi connectivity index (χ0v) is 14.2. The fourth-order valence-corrected chi connectivity index (χ4v) is 4.52. The van der Waals surface area contributed by atoms with Crippen LogP contribution in [0.25, 0.3) is 11.1 Å². The molecule has 6 heteroatoms. The van der Waals surface area contributed by atoms with E-state index in [-0.39, 0.29) is 12.5 Å². The van der Waals surface area contributed by atoms with Gasteiger partial charge in [0.1, 0.15) is 12.6 Å². The molecule has 0 amide bonds. The van der Waals surface area contributed by atoms with Gasteiger partial charge in [0.15, 0.2) is 5.37 Å². The molecule has 1 aliphatic carbocycles. The van der Waals surface area contributed by atoms with E-state index < -0.39 is 23.4 Å². The van der Waals surface area contributed by atoms with Crippen molar-refractivity contribution < 1.29 is 19.4 Å². The second-order valence-corrected chi connectivity index (χ2v) is 7.27. The number of ether oxygens (including phenoxy) is 1. The van der Waals surface area contributed by atoms with E-state index in [4.69, 9.17) is 9.84 Å². The van der Waals surface area contributed by atoms with Crippen LogP contribution in [0.15, 0.2) is 48.5 Å². The monoisotopic (exact) mass is 355 g/mol. The van der Waals surface area contributed by atoms with Crippen LogP contribution in [0.2, 0.25) is 0 Å². The second kappa shape index (κ2) is 6.54. The summed E-state index contributed by atoms with van der Waals surface area (Å²) >= 11 is 1.27. The van der Waals surface area contributed by atoms with Crippen LogP contribution < -0.4 is 5.32 Å². The van der Waals surface area contributed by atoms with Crippen LogP contribution in [0.1, 0.15) is 17.0 Å². The molecule has 2 aliphatic rings. The van der Waals surface area contributed by atoms with Gasteiger partial charge in [0.05, 0.1) is 0 Å². The minimum Gasteiger partial charge on any atom is -0.480 e. The zero-order chi connectivity index (χ0) is 17.4. The highest BCUT2D eigenvalue weighted by atomic mass is 32.2. The fourth-order valence-electron chi connectivity index (χ4n) is 3.43. The number of carbonyl (C=O) groups is 2. The molecule has 25 heavy (non-hydrogen) atoms. The van der Waals surface area contributed by atoms with Crippen molar-refractivity contribution in [3.8, 4) is 11.1 Å². The maximum Gasteiger partial charge on any atom is 0.333 e. The highest BCUT2D eigenvalue weighted by molar-refractivity contribution is 8.00. The van der Waals surface area contributed by atoms with Crippen molar-refractivity contribution in [2.75, 3.05) is 12.4 Å². The van der Waals surface area contributed by atoms with E-state index in [2.05, 4.69) is 29.6 Å². The quantitative estimate of drug-likeness (QED) is 0.821. The van der Waals surface area contributed by atoms with Gasteiger partial charge >= 0.3 is 11.9 Å². The van der Waals surface area contributed by atoms with Gasteiger partial charge in [0.2, 0.25) is 0 Å². The Morgan fingerprint density at radius 2 is 1.68 bits per heavy atom. The number of rotatable bonds is 4. The zero-order valence-electron chi connectivity index (χ0n) is 13.3. The number of nitrogens with one attached hydrogen (secondary N) is 1. The standard InChI is InChI=1S/C19H17NO4S/c21-18(22)16-10-25-17(20-16)19(23)24-9-15-13-7-3-1-5-11(13)12-6-2-4-8-14(12)15/h1-8,15-17,20H,9-10H2,(H,21,22)/t16-,17+/m1/s1. The van der Waals surface area contributed by atoms with Crippen molar-refractivity contribution in [3.05, 3.63) is 59.7 Å². The first kappa shape index (κ1) is 16.2. The van der Waals surface area contributed by atoms with Crippen LogP contribution in [-0.4, -0.2) is 40.8 Å². The average Bonchev–Trinajstić information content (AvgIpc) is 3.24. The van der Waals surface area contributed by atoms with Gasteiger partial charge in [-0.05, 0) is 22.3 Å². The number of esters is 1. The smallest absolute Gasteiger partial charge is 0.333 e. The third kappa shape index (κ3) is 2.92. The molecule has 2 N–H and O–H groups in total. The number of carboxylic acid groups (broad SMARTS) is 1. The van der Waals surface area contributed by atoms with Crippen LogP contribution in [0.4, 0.5) is 0 Å². The maximum absolute atomic E-state index is 12.3. The first-order valence-corrected chi connectivity index (χ1v) is 9.15. The van der Waals surface area contributed by atoms with Crippen LogP contribution in [0.3, 0.4) is 0 Å². The normalized spacial score (nSPS) is 21.6. The van der Waals surface area contributed by atoms with Gasteiger partial charge in [-0.3, -0.25) is 10.1 Å². The Kier molecular flexibility index (Phi) is 4.23. The number of hydrogen-bond donors (Lipinski definition) is 2. The summed E-state index contributed by atoms with van der Waals surface area (Å²) in [7, 11) is 0. The Hall–Kier alpha value is -2.31. The summed E-state index contributed by atoms with van der Waals surface area (Å²) < 4.78 is 5.54. The summed E-state index contributed by atoms with van der Waals surface area (Å²) in [5, 5.41) is 11.2. The van der Waals surface area contributed by atoms with Crippen molar-refractivity contribution in [1.82, 2.24) is 5.32 Å². The molecule has 0 radical (unpaired) electrons. The minimum absolute atomic E-state index is 0.0121. The Balaban J connectivity index is 1.48. The molecular weight excluding hydrogens is 338 g/mol. The number of hydrogen-bond acceptors (Lipinski definition) is 5. The molecule has 0 bridgehead atoms. The highest BCUT2D eigenvalue weighted by Gasteiger charge is 2.36. The van der Waals surface area contributed by atoms with Crippen molar-refractivity contribution in [1.29, 1.82) is 0 Å². The second-order valence-electron chi connectivity index (χ2n) is 6.13. The summed E-state index contributed by atoms with van der Waals surface area (Å²) in [5.74, 6) is -0.973. The number of carbonyl (C=O) groups excluding carboxylic acids is 1. The molecule has 2 aromatic rings. The summed E-state index contributed by atoms with van der Waals surface area (Å²) in [6.45, 7) is 0.253. The minimum atomic E-state index is -0.943. The average molecular weight is 355 g/mol. The van der Waals surface area contributed by atoms with Crippen molar-refractivity contribution in [2.45, 2.75) is 17.3 Å². The van der Waals surface area contributed by atoms with Gasteiger partial charge in [-0.2, -0.15) is 0 Å². The van der Waals surface area contributed by atoms with E-state index >= 15 is 0 Å². The van der Waals surface area contributed by atoms with Gasteiger partial charge in [-0.15, -0.1) is 11.8 Å². The molecule has 0 unspecified atom stereocenters. The molecular formula is C19H17NO4S. The third-order valence-electron chi connectivity index (χ3n) is 4.65. The maximum atomic E-state index is 12.3. The molecule has 0 spiro atoms. The summed E-state index contributed by atoms with van der Waals surface area (Å²) in [4.78, 5) is 23.3. The number of benzene rings is 2. The number of carboxylic acids is 1. The Morgan fingerprint density at radius 3 is 2.24 bits per heavy atom. The Labute approximate surface area is 149 Å². The number of thioether (sulfide) groups is 1. The first-order valence-electron chi connectivity index (χ1n) is 8.10. The Bertz CT molecular complexity index is 792. The predicted octanol–water partition coefficient (Wildman–Crippen LogP) is 2.46. The predicted molar refractivity (Wildman–Crippen MR) is 95.5 cm³/mol. The number of aliphatic carboxylic acids is 1. The highest BCUT2D eigenvalue weighted by Crippen LogP contribution is 2.44. The third-order valence-corrected chi connectivity index (χ3v) is 5.84. The fraction of sp³-hybridized carbons (Fsp3) is 0.263. The van der Waals surface area contributed by atoms with Crippen molar-refractivity contribution in [2.24, 2.45) is 0 Å². The lowest BCUT2D eigenvalue weighted by atomic mass is 9.98. The van der Waals surface area contributed by atoms with Crippen LogP contribution >= 0.6 is 11.8 Å². The summed E-state index contributed by atoms with van der Waals surface area (Å²) in [6.07, 6.45) is 0. The van der Waals surface area contributed by atoms with E-state index in [0.29, 0.717) is 5.75 Å². The topological polar surface area (TPSA) is 75.6 Å². The molecule has 128 valence electrons. The number of fused-ring (bicyclic) bond motifs is 3. The van der Waals surface area contributed by atoms with Gasteiger partial charge in [0, 0.05) is 11.7 Å². The summed E-state index contributed by atoms with van der Waals surface area (Å²) in [5.41, 5.74) is 4.68. The molecule has 1 heterocycles. The van der Waals surface area contributed by atoms with Crippen LogP contribution in [0.5, 0.6) is 0 Å². The van der Waals surface area contributed by atoms with Gasteiger partial charge in [-0.1, -0.05) is 48.5 Å². The van der Waals surface area contributed by atoms with Crippen LogP contribution in [-0.2, 0) is 14.3 Å². The largest absolute Gasteiger partial charge is 0.480 e. The molecule has 0 saturated carbocycles. The molecule has 1 fully saturated rings. The van der Waals surface area contributed by atoms with E-state index in [1.807, 2.05) is 24.3 Å². The lowest BCUT2D eigenvalue weighted by Gasteiger charge is -2.16. The molecule has 1 saturated heterocycles. The van der Waals surface area contributed by atoms with Gasteiger partial charge in [0.25, 0.3) is 0 Å². The molecule has 2 aromatic carbocycles. The lowest BCUT2D eigenvalue weighted by Crippen LogP contribution is -2.40. The van der Waals surface area contributed by atoms with E-state index in [9.17, 15) is 9.59 Å². The summed E-state index contributed by atoms with van der Waals surface area (Å²) in [6, 6.07) is 15.6. The van der Waals surface area contributed by atoms with E-state index in [0.717, 1.165) is 11.1 Å². The lowest BCUT2D eigenvalue weighted by molar-refractivity contribution is -0.144. The molecule has 2 atom stereocenters. The van der Waals surface area contributed by atoms with Gasteiger partial charge < -0.3 is 9.84 Å². The molecule has 4 rings (SSSR count). The van der Waals surface area contributed by atoms with Gasteiger partial charge in [-0.25, -0.2) is 4.79 Å². The first-order chi connectivity index (χ1) is 12.1. The SMILES string of the molecule is O=C(O)[C@H]1CS[C@@H](C(=O)OCC2c3ccccc3-c3ccccc32)N1.